The Kier molecular flexibility index (Phi) is 5.94. The van der Waals surface area contributed by atoms with Crippen molar-refractivity contribution in [3.05, 3.63) is 64.7 Å². The normalized spacial score (nSPS) is 14.4. The molecule has 1 saturated heterocycles. The molecule has 0 atom stereocenters. The number of halogens is 1. The maximum Gasteiger partial charge on any atom is 0.223 e. The highest BCUT2D eigenvalue weighted by Gasteiger charge is 2.22. The summed E-state index contributed by atoms with van der Waals surface area (Å²) >= 11 is 5.84. The van der Waals surface area contributed by atoms with Crippen molar-refractivity contribution in [1.29, 1.82) is 0 Å². The second kappa shape index (κ2) is 8.37. The summed E-state index contributed by atoms with van der Waals surface area (Å²) < 4.78 is 0. The molecule has 5 heteroatoms. The Labute approximate surface area is 159 Å². The quantitative estimate of drug-likeness (QED) is 0.748. The summed E-state index contributed by atoms with van der Waals surface area (Å²) in [7, 11) is 0. The van der Waals surface area contributed by atoms with Crippen LogP contribution in [0.2, 0.25) is 5.02 Å². The molecule has 0 radical (unpaired) electrons. The minimum absolute atomic E-state index is 0.0198. The summed E-state index contributed by atoms with van der Waals surface area (Å²) in [5.41, 5.74) is 3.09. The van der Waals surface area contributed by atoms with Crippen LogP contribution >= 0.6 is 11.6 Å². The standard InChI is InChI=1S/C21H23ClN2O2/c1-16-4-2-3-5-19(16)23-12-14-24(15-13-23)21(26)11-10-20(25)17-6-8-18(22)9-7-17/h2-9H,10-15H2,1H3. The molecule has 1 heterocycles. The number of para-hydroxylation sites is 1. The minimum atomic E-state index is -0.0198. The maximum atomic E-state index is 12.4. The highest BCUT2D eigenvalue weighted by Crippen LogP contribution is 2.21. The number of anilines is 1. The number of rotatable bonds is 5. The molecular weight excluding hydrogens is 348 g/mol. The van der Waals surface area contributed by atoms with Gasteiger partial charge in [0, 0.05) is 55.3 Å². The Balaban J connectivity index is 1.48. The van der Waals surface area contributed by atoms with Crippen LogP contribution in [-0.2, 0) is 4.79 Å². The first-order valence-corrected chi connectivity index (χ1v) is 9.29. The first-order valence-electron chi connectivity index (χ1n) is 8.92. The van der Waals surface area contributed by atoms with E-state index in [4.69, 9.17) is 11.6 Å². The highest BCUT2D eigenvalue weighted by atomic mass is 35.5. The van der Waals surface area contributed by atoms with E-state index in [9.17, 15) is 9.59 Å². The second-order valence-electron chi connectivity index (χ2n) is 6.58. The van der Waals surface area contributed by atoms with Crippen LogP contribution < -0.4 is 4.90 Å². The van der Waals surface area contributed by atoms with Crippen LogP contribution in [0, 0.1) is 6.92 Å². The van der Waals surface area contributed by atoms with Crippen molar-refractivity contribution in [2.75, 3.05) is 31.1 Å². The summed E-state index contributed by atoms with van der Waals surface area (Å²) in [6, 6.07) is 15.1. The first-order chi connectivity index (χ1) is 12.5. The van der Waals surface area contributed by atoms with Crippen LogP contribution in [-0.4, -0.2) is 42.8 Å². The molecule has 0 unspecified atom stereocenters. The van der Waals surface area contributed by atoms with E-state index in [1.807, 2.05) is 17.0 Å². The van der Waals surface area contributed by atoms with E-state index in [1.165, 1.54) is 11.3 Å². The van der Waals surface area contributed by atoms with Crippen molar-refractivity contribution in [3.8, 4) is 0 Å². The molecule has 0 N–H and O–H groups in total. The largest absolute Gasteiger partial charge is 0.368 e. The van der Waals surface area contributed by atoms with Crippen molar-refractivity contribution >= 4 is 29.0 Å². The summed E-state index contributed by atoms with van der Waals surface area (Å²) in [6.45, 7) is 5.14. The lowest BCUT2D eigenvalue weighted by Gasteiger charge is -2.36. The van der Waals surface area contributed by atoms with Crippen LogP contribution in [0.4, 0.5) is 5.69 Å². The number of carbonyl (C=O) groups is 2. The number of aryl methyl sites for hydroxylation is 1. The number of benzene rings is 2. The van der Waals surface area contributed by atoms with Crippen LogP contribution in [0.1, 0.15) is 28.8 Å². The molecule has 1 fully saturated rings. The van der Waals surface area contributed by atoms with Gasteiger partial charge in [0.1, 0.15) is 0 Å². The van der Waals surface area contributed by atoms with Crippen LogP contribution in [0.3, 0.4) is 0 Å². The Bertz CT molecular complexity index is 781. The van der Waals surface area contributed by atoms with Crippen molar-refractivity contribution in [2.24, 2.45) is 0 Å². The van der Waals surface area contributed by atoms with E-state index >= 15 is 0 Å². The van der Waals surface area contributed by atoms with Gasteiger partial charge in [0.15, 0.2) is 5.78 Å². The maximum absolute atomic E-state index is 12.4. The van der Waals surface area contributed by atoms with Gasteiger partial charge in [-0.25, -0.2) is 0 Å². The number of nitrogens with zero attached hydrogens (tertiary/aromatic N) is 2. The summed E-state index contributed by atoms with van der Waals surface area (Å²) in [6.07, 6.45) is 0.490. The van der Waals surface area contributed by atoms with Gasteiger partial charge in [-0.3, -0.25) is 9.59 Å². The molecule has 0 aliphatic carbocycles. The van der Waals surface area contributed by atoms with Crippen LogP contribution in [0.5, 0.6) is 0 Å². The number of ketones is 1. The van der Waals surface area contributed by atoms with Gasteiger partial charge in [-0.2, -0.15) is 0 Å². The third-order valence-electron chi connectivity index (χ3n) is 4.82. The molecular formula is C21H23ClN2O2. The van der Waals surface area contributed by atoms with Gasteiger partial charge in [-0.05, 0) is 42.8 Å². The molecule has 136 valence electrons. The Morgan fingerprint density at radius 1 is 0.923 bits per heavy atom. The van der Waals surface area contributed by atoms with Crippen molar-refractivity contribution in [1.82, 2.24) is 4.90 Å². The average molecular weight is 371 g/mol. The summed E-state index contributed by atoms with van der Waals surface area (Å²) in [5, 5.41) is 0.601. The smallest absolute Gasteiger partial charge is 0.223 e. The van der Waals surface area contributed by atoms with Gasteiger partial charge in [-0.15, -0.1) is 0 Å². The van der Waals surface area contributed by atoms with E-state index in [2.05, 4.69) is 24.0 Å². The molecule has 3 rings (SSSR count). The molecule has 1 aliphatic heterocycles. The Hall–Kier alpha value is -2.33. The van der Waals surface area contributed by atoms with Gasteiger partial charge in [0.05, 0.1) is 0 Å². The minimum Gasteiger partial charge on any atom is -0.368 e. The molecule has 1 amide bonds. The SMILES string of the molecule is Cc1ccccc1N1CCN(C(=O)CCC(=O)c2ccc(Cl)cc2)CC1. The van der Waals surface area contributed by atoms with Crippen molar-refractivity contribution < 1.29 is 9.59 Å². The molecule has 2 aromatic carbocycles. The highest BCUT2D eigenvalue weighted by molar-refractivity contribution is 6.30. The predicted octanol–water partition coefficient (Wildman–Crippen LogP) is 3.96. The number of amides is 1. The first kappa shape index (κ1) is 18.5. The van der Waals surface area contributed by atoms with Crippen molar-refractivity contribution in [2.45, 2.75) is 19.8 Å². The lowest BCUT2D eigenvalue weighted by Crippen LogP contribution is -2.49. The molecule has 0 bridgehead atoms. The van der Waals surface area contributed by atoms with E-state index in [1.54, 1.807) is 24.3 Å². The third kappa shape index (κ3) is 4.44. The Morgan fingerprint density at radius 3 is 2.23 bits per heavy atom. The van der Waals surface area contributed by atoms with E-state index in [0.29, 0.717) is 23.7 Å². The van der Waals surface area contributed by atoms with Crippen LogP contribution in [0.25, 0.3) is 0 Å². The number of hydrogen-bond donors (Lipinski definition) is 0. The van der Waals surface area contributed by atoms with Gasteiger partial charge < -0.3 is 9.80 Å². The van der Waals surface area contributed by atoms with Gasteiger partial charge in [0.2, 0.25) is 5.91 Å². The zero-order valence-electron chi connectivity index (χ0n) is 15.0. The number of Topliss-reactive ketones (excluding diaryl/α,β-unsaturated/α-hetero) is 1. The zero-order chi connectivity index (χ0) is 18.5. The molecule has 2 aromatic rings. The topological polar surface area (TPSA) is 40.6 Å². The molecule has 26 heavy (non-hydrogen) atoms. The van der Waals surface area contributed by atoms with Gasteiger partial charge in [-0.1, -0.05) is 29.8 Å². The van der Waals surface area contributed by atoms with E-state index in [0.717, 1.165) is 13.1 Å². The summed E-state index contributed by atoms with van der Waals surface area (Å²) in [4.78, 5) is 28.8. The molecule has 4 nitrogen and oxygen atoms in total. The lowest BCUT2D eigenvalue weighted by atomic mass is 10.1. The fourth-order valence-electron chi connectivity index (χ4n) is 3.27. The monoisotopic (exact) mass is 370 g/mol. The van der Waals surface area contributed by atoms with Gasteiger partial charge >= 0.3 is 0 Å². The average Bonchev–Trinajstić information content (AvgIpc) is 2.67. The third-order valence-corrected chi connectivity index (χ3v) is 5.07. The fourth-order valence-corrected chi connectivity index (χ4v) is 3.40. The lowest BCUT2D eigenvalue weighted by molar-refractivity contribution is -0.131. The van der Waals surface area contributed by atoms with E-state index < -0.39 is 0 Å². The molecule has 0 spiro atoms. The summed E-state index contributed by atoms with van der Waals surface area (Å²) in [5.74, 6) is 0.0327. The Morgan fingerprint density at radius 2 is 1.58 bits per heavy atom. The van der Waals surface area contributed by atoms with Crippen molar-refractivity contribution in [3.63, 3.8) is 0 Å². The molecule has 0 saturated carbocycles. The predicted molar refractivity (Wildman–Crippen MR) is 105 cm³/mol. The fraction of sp³-hybridized carbons (Fsp3) is 0.333. The number of carbonyl (C=O) groups excluding carboxylic acids is 2. The zero-order valence-corrected chi connectivity index (χ0v) is 15.7. The second-order valence-corrected chi connectivity index (χ2v) is 7.02. The molecule has 0 aromatic heterocycles. The number of piperazine rings is 1. The van der Waals surface area contributed by atoms with Gasteiger partial charge in [0.25, 0.3) is 0 Å². The number of hydrogen-bond acceptors (Lipinski definition) is 3. The van der Waals surface area contributed by atoms with Crippen LogP contribution in [0.15, 0.2) is 48.5 Å². The van der Waals surface area contributed by atoms with E-state index in [-0.39, 0.29) is 24.5 Å². The molecule has 1 aliphatic rings.